The maximum atomic E-state index is 12.2. The summed E-state index contributed by atoms with van der Waals surface area (Å²) in [7, 11) is 0. The number of nitrogens with zero attached hydrogens (tertiary/aromatic N) is 1. The van der Waals surface area contributed by atoms with Crippen LogP contribution in [-0.4, -0.2) is 10.9 Å². The molecule has 1 saturated carbocycles. The normalized spacial score (nSPS) is 17.2. The standard InChI is InChI=1S/C15H18N2O2S/c1-15(6-2-3-7-15)14(18)16-9-11-10-19-13(17-11)12-5-4-8-20-12/h4-5,8,10H,2-3,6-7,9H2,1H3,(H,16,18). The van der Waals surface area contributed by atoms with E-state index < -0.39 is 0 Å². The van der Waals surface area contributed by atoms with Crippen LogP contribution in [0.1, 0.15) is 38.3 Å². The first-order valence-corrected chi connectivity index (χ1v) is 7.82. The van der Waals surface area contributed by atoms with Crippen LogP contribution in [-0.2, 0) is 11.3 Å². The van der Waals surface area contributed by atoms with Crippen LogP contribution in [0.15, 0.2) is 28.2 Å². The molecule has 2 aromatic heterocycles. The summed E-state index contributed by atoms with van der Waals surface area (Å²) in [5.41, 5.74) is 0.573. The maximum absolute atomic E-state index is 12.2. The van der Waals surface area contributed by atoms with E-state index in [1.165, 1.54) is 0 Å². The number of carbonyl (C=O) groups excluding carboxylic acids is 1. The minimum absolute atomic E-state index is 0.135. The van der Waals surface area contributed by atoms with E-state index >= 15 is 0 Å². The van der Waals surface area contributed by atoms with Crippen LogP contribution in [0.3, 0.4) is 0 Å². The van der Waals surface area contributed by atoms with Gasteiger partial charge in [-0.15, -0.1) is 11.3 Å². The average molecular weight is 290 g/mol. The number of amides is 1. The van der Waals surface area contributed by atoms with Crippen molar-refractivity contribution in [1.29, 1.82) is 0 Å². The predicted molar refractivity (Wildman–Crippen MR) is 78.2 cm³/mol. The zero-order valence-corrected chi connectivity index (χ0v) is 12.3. The fourth-order valence-electron chi connectivity index (χ4n) is 2.67. The van der Waals surface area contributed by atoms with E-state index in [-0.39, 0.29) is 11.3 Å². The van der Waals surface area contributed by atoms with Crippen LogP contribution in [0.25, 0.3) is 10.8 Å². The lowest BCUT2D eigenvalue weighted by Gasteiger charge is -2.21. The molecule has 1 N–H and O–H groups in total. The molecular formula is C15H18N2O2S. The molecule has 20 heavy (non-hydrogen) atoms. The minimum Gasteiger partial charge on any atom is -0.443 e. The highest BCUT2D eigenvalue weighted by Crippen LogP contribution is 2.37. The number of rotatable bonds is 4. The van der Waals surface area contributed by atoms with E-state index in [2.05, 4.69) is 17.2 Å². The summed E-state index contributed by atoms with van der Waals surface area (Å²) in [5.74, 6) is 0.756. The fraction of sp³-hybridized carbons (Fsp3) is 0.467. The van der Waals surface area contributed by atoms with Gasteiger partial charge in [-0.25, -0.2) is 4.98 Å². The maximum Gasteiger partial charge on any atom is 0.236 e. The monoisotopic (exact) mass is 290 g/mol. The molecule has 1 aliphatic carbocycles. The van der Waals surface area contributed by atoms with E-state index in [9.17, 15) is 4.79 Å². The highest BCUT2D eigenvalue weighted by molar-refractivity contribution is 7.13. The van der Waals surface area contributed by atoms with Gasteiger partial charge in [-0.3, -0.25) is 4.79 Å². The number of oxazole rings is 1. The molecule has 0 radical (unpaired) electrons. The van der Waals surface area contributed by atoms with Crippen molar-refractivity contribution < 1.29 is 9.21 Å². The molecule has 4 nitrogen and oxygen atoms in total. The largest absolute Gasteiger partial charge is 0.443 e. The molecule has 0 aliphatic heterocycles. The number of thiophene rings is 1. The van der Waals surface area contributed by atoms with E-state index in [0.717, 1.165) is 36.3 Å². The van der Waals surface area contributed by atoms with Crippen molar-refractivity contribution in [2.45, 2.75) is 39.2 Å². The van der Waals surface area contributed by atoms with Gasteiger partial charge in [0.15, 0.2) is 0 Å². The molecule has 5 heteroatoms. The Morgan fingerprint density at radius 1 is 1.50 bits per heavy atom. The van der Waals surface area contributed by atoms with Crippen molar-refractivity contribution in [3.05, 3.63) is 29.5 Å². The number of aromatic nitrogens is 1. The van der Waals surface area contributed by atoms with Gasteiger partial charge in [0.1, 0.15) is 6.26 Å². The first-order chi connectivity index (χ1) is 9.67. The van der Waals surface area contributed by atoms with Crippen molar-refractivity contribution >= 4 is 17.2 Å². The zero-order valence-electron chi connectivity index (χ0n) is 11.5. The van der Waals surface area contributed by atoms with Gasteiger partial charge in [0.2, 0.25) is 11.8 Å². The van der Waals surface area contributed by atoms with Gasteiger partial charge in [0.05, 0.1) is 17.1 Å². The first kappa shape index (κ1) is 13.4. The Kier molecular flexibility index (Phi) is 3.61. The van der Waals surface area contributed by atoms with Crippen molar-refractivity contribution in [1.82, 2.24) is 10.3 Å². The van der Waals surface area contributed by atoms with Gasteiger partial charge in [-0.05, 0) is 24.3 Å². The number of carbonyl (C=O) groups is 1. The Labute approximate surface area is 122 Å². The van der Waals surface area contributed by atoms with Gasteiger partial charge in [0, 0.05) is 5.41 Å². The number of hydrogen-bond acceptors (Lipinski definition) is 4. The van der Waals surface area contributed by atoms with Crippen molar-refractivity contribution in [2.24, 2.45) is 5.41 Å². The predicted octanol–water partition coefficient (Wildman–Crippen LogP) is 3.60. The lowest BCUT2D eigenvalue weighted by molar-refractivity contribution is -0.130. The van der Waals surface area contributed by atoms with Crippen LogP contribution >= 0.6 is 11.3 Å². The Hall–Kier alpha value is -1.62. The Balaban J connectivity index is 1.60. The molecule has 2 heterocycles. The van der Waals surface area contributed by atoms with Crippen LogP contribution in [0.4, 0.5) is 0 Å². The molecule has 0 atom stereocenters. The number of nitrogens with one attached hydrogen (secondary N) is 1. The molecule has 106 valence electrons. The van der Waals surface area contributed by atoms with E-state index in [1.54, 1.807) is 17.6 Å². The zero-order chi connectivity index (χ0) is 14.0. The Morgan fingerprint density at radius 3 is 3.00 bits per heavy atom. The summed E-state index contributed by atoms with van der Waals surface area (Å²) in [6, 6.07) is 3.94. The second-order valence-corrected chi connectivity index (χ2v) is 6.52. The lowest BCUT2D eigenvalue weighted by atomic mass is 9.88. The molecule has 1 amide bonds. The molecular weight excluding hydrogens is 272 g/mol. The lowest BCUT2D eigenvalue weighted by Crippen LogP contribution is -2.36. The van der Waals surface area contributed by atoms with Crippen molar-refractivity contribution in [2.75, 3.05) is 0 Å². The van der Waals surface area contributed by atoms with Crippen LogP contribution in [0.5, 0.6) is 0 Å². The molecule has 3 rings (SSSR count). The van der Waals surface area contributed by atoms with Crippen molar-refractivity contribution in [3.63, 3.8) is 0 Å². The topological polar surface area (TPSA) is 55.1 Å². The fourth-order valence-corrected chi connectivity index (χ4v) is 3.32. The Morgan fingerprint density at radius 2 is 2.30 bits per heavy atom. The molecule has 1 fully saturated rings. The van der Waals surface area contributed by atoms with E-state index in [1.807, 2.05) is 17.5 Å². The van der Waals surface area contributed by atoms with Gasteiger partial charge in [-0.1, -0.05) is 25.8 Å². The minimum atomic E-state index is -0.194. The van der Waals surface area contributed by atoms with Crippen LogP contribution < -0.4 is 5.32 Å². The third kappa shape index (κ3) is 2.63. The highest BCUT2D eigenvalue weighted by Gasteiger charge is 2.35. The molecule has 0 spiro atoms. The van der Waals surface area contributed by atoms with Gasteiger partial charge >= 0.3 is 0 Å². The smallest absolute Gasteiger partial charge is 0.236 e. The summed E-state index contributed by atoms with van der Waals surface area (Å²) in [4.78, 5) is 17.6. The van der Waals surface area contributed by atoms with Crippen LogP contribution in [0, 0.1) is 5.41 Å². The molecule has 0 bridgehead atoms. The summed E-state index contributed by atoms with van der Waals surface area (Å²) in [6.45, 7) is 2.48. The Bertz CT molecular complexity index is 583. The summed E-state index contributed by atoms with van der Waals surface area (Å²) in [6.07, 6.45) is 5.88. The highest BCUT2D eigenvalue weighted by atomic mass is 32.1. The second kappa shape index (κ2) is 5.40. The van der Waals surface area contributed by atoms with E-state index in [0.29, 0.717) is 12.4 Å². The molecule has 0 saturated heterocycles. The quantitative estimate of drug-likeness (QED) is 0.936. The average Bonchev–Trinajstić information content (AvgIpc) is 3.17. The van der Waals surface area contributed by atoms with Gasteiger partial charge < -0.3 is 9.73 Å². The second-order valence-electron chi connectivity index (χ2n) is 5.57. The number of hydrogen-bond donors (Lipinski definition) is 1. The molecule has 1 aliphatic rings. The summed E-state index contributed by atoms with van der Waals surface area (Å²) >= 11 is 1.59. The summed E-state index contributed by atoms with van der Waals surface area (Å²) in [5, 5.41) is 4.97. The first-order valence-electron chi connectivity index (χ1n) is 6.94. The van der Waals surface area contributed by atoms with Gasteiger partial charge in [-0.2, -0.15) is 0 Å². The van der Waals surface area contributed by atoms with E-state index in [4.69, 9.17) is 4.42 Å². The SMILES string of the molecule is CC1(C(=O)NCc2coc(-c3cccs3)n2)CCCC1. The van der Waals surface area contributed by atoms with Crippen LogP contribution in [0.2, 0.25) is 0 Å². The molecule has 0 aromatic carbocycles. The molecule has 0 unspecified atom stereocenters. The van der Waals surface area contributed by atoms with Gasteiger partial charge in [0.25, 0.3) is 0 Å². The third-order valence-electron chi connectivity index (χ3n) is 3.97. The van der Waals surface area contributed by atoms with Crippen molar-refractivity contribution in [3.8, 4) is 10.8 Å². The molecule has 2 aromatic rings. The summed E-state index contributed by atoms with van der Waals surface area (Å²) < 4.78 is 5.44. The third-order valence-corrected chi connectivity index (χ3v) is 4.83.